The van der Waals surface area contributed by atoms with E-state index < -0.39 is 5.91 Å². The van der Waals surface area contributed by atoms with E-state index in [1.807, 2.05) is 6.07 Å². The average molecular weight is 390 g/mol. The second-order valence-electron chi connectivity index (χ2n) is 5.90. The molecule has 1 heterocycles. The number of rotatable bonds is 6. The van der Waals surface area contributed by atoms with E-state index in [0.717, 1.165) is 0 Å². The van der Waals surface area contributed by atoms with Gasteiger partial charge >= 0.3 is 0 Å². The van der Waals surface area contributed by atoms with Gasteiger partial charge in [0.2, 0.25) is 11.8 Å². The molecular weight excluding hydrogens is 372 g/mol. The number of aromatic nitrogens is 2. The fraction of sp³-hybridized carbons (Fsp3) is 0.143. The summed E-state index contributed by atoms with van der Waals surface area (Å²) in [5, 5.41) is 11.5. The van der Waals surface area contributed by atoms with E-state index in [1.165, 1.54) is 14.2 Å². The van der Waals surface area contributed by atoms with Crippen molar-refractivity contribution in [2.45, 2.75) is 6.92 Å². The molecule has 1 amide bonds. The Hall–Kier alpha value is -4.12. The van der Waals surface area contributed by atoms with E-state index in [0.29, 0.717) is 28.5 Å². The SMILES string of the molecule is COc1cccc(OC)c1C(=O)Nc1nc(C)cc(Oc2ccc(C#N)cc2)n1. The quantitative estimate of drug-likeness (QED) is 0.683. The lowest BCUT2D eigenvalue weighted by Crippen LogP contribution is -2.17. The van der Waals surface area contributed by atoms with Crippen molar-refractivity contribution >= 4 is 11.9 Å². The van der Waals surface area contributed by atoms with E-state index in [9.17, 15) is 4.79 Å². The number of nitrogens with zero attached hydrogens (tertiary/aromatic N) is 3. The van der Waals surface area contributed by atoms with Crippen LogP contribution in [-0.2, 0) is 0 Å². The number of carbonyl (C=O) groups is 1. The van der Waals surface area contributed by atoms with Crippen molar-refractivity contribution in [3.63, 3.8) is 0 Å². The van der Waals surface area contributed by atoms with E-state index in [2.05, 4.69) is 15.3 Å². The van der Waals surface area contributed by atoms with Crippen LogP contribution in [0.4, 0.5) is 5.95 Å². The van der Waals surface area contributed by atoms with Gasteiger partial charge in [-0.2, -0.15) is 10.2 Å². The van der Waals surface area contributed by atoms with E-state index in [4.69, 9.17) is 19.5 Å². The van der Waals surface area contributed by atoms with Crippen LogP contribution in [-0.4, -0.2) is 30.1 Å². The summed E-state index contributed by atoms with van der Waals surface area (Å²) in [7, 11) is 2.94. The average Bonchev–Trinajstić information content (AvgIpc) is 2.73. The Morgan fingerprint density at radius 2 is 1.69 bits per heavy atom. The Kier molecular flexibility index (Phi) is 5.90. The molecule has 0 aliphatic rings. The maximum Gasteiger partial charge on any atom is 0.265 e. The number of aryl methyl sites for hydroxylation is 1. The summed E-state index contributed by atoms with van der Waals surface area (Å²) in [6, 6.07) is 15.3. The molecule has 2 aromatic carbocycles. The van der Waals surface area contributed by atoms with Gasteiger partial charge < -0.3 is 14.2 Å². The molecule has 1 aromatic heterocycles. The highest BCUT2D eigenvalue weighted by atomic mass is 16.5. The predicted octanol–water partition coefficient (Wildman–Crippen LogP) is 3.72. The van der Waals surface area contributed by atoms with Gasteiger partial charge in [-0.3, -0.25) is 10.1 Å². The maximum atomic E-state index is 12.8. The first-order valence-corrected chi connectivity index (χ1v) is 8.60. The van der Waals surface area contributed by atoms with Crippen LogP contribution in [0, 0.1) is 18.3 Å². The Morgan fingerprint density at radius 3 is 2.28 bits per heavy atom. The van der Waals surface area contributed by atoms with Crippen molar-refractivity contribution in [2.24, 2.45) is 0 Å². The molecule has 0 atom stereocenters. The van der Waals surface area contributed by atoms with Crippen LogP contribution in [0.5, 0.6) is 23.1 Å². The van der Waals surface area contributed by atoms with Gasteiger partial charge in [0.1, 0.15) is 22.8 Å². The van der Waals surface area contributed by atoms with Crippen molar-refractivity contribution in [2.75, 3.05) is 19.5 Å². The molecular formula is C21H18N4O4. The molecule has 29 heavy (non-hydrogen) atoms. The smallest absolute Gasteiger partial charge is 0.265 e. The zero-order chi connectivity index (χ0) is 20.8. The molecule has 0 fully saturated rings. The van der Waals surface area contributed by atoms with Gasteiger partial charge in [0.25, 0.3) is 5.91 Å². The standard InChI is InChI=1S/C21H18N4O4/c1-13-11-18(29-15-9-7-14(12-22)8-10-15)24-21(23-13)25-20(26)19-16(27-2)5-4-6-17(19)28-3/h4-11H,1-3H3,(H,23,24,25,26). The summed E-state index contributed by atoms with van der Waals surface area (Å²) in [4.78, 5) is 21.3. The first kappa shape index (κ1) is 19.6. The van der Waals surface area contributed by atoms with Crippen LogP contribution in [0.25, 0.3) is 0 Å². The number of nitriles is 1. The molecule has 0 saturated heterocycles. The fourth-order valence-corrected chi connectivity index (χ4v) is 2.61. The molecule has 146 valence electrons. The Morgan fingerprint density at radius 1 is 1.03 bits per heavy atom. The largest absolute Gasteiger partial charge is 0.496 e. The topological polar surface area (TPSA) is 106 Å². The summed E-state index contributed by atoms with van der Waals surface area (Å²) < 4.78 is 16.2. The molecule has 1 N–H and O–H groups in total. The number of carbonyl (C=O) groups excluding carboxylic acids is 1. The lowest BCUT2D eigenvalue weighted by molar-refractivity contribution is 0.102. The Balaban J connectivity index is 1.85. The Labute approximate surface area is 167 Å². The third kappa shape index (κ3) is 4.59. The third-order valence-electron chi connectivity index (χ3n) is 3.92. The summed E-state index contributed by atoms with van der Waals surface area (Å²) in [5.74, 6) is 1.09. The molecule has 8 nitrogen and oxygen atoms in total. The van der Waals surface area contributed by atoms with Gasteiger partial charge in [0, 0.05) is 11.8 Å². The van der Waals surface area contributed by atoms with Crippen molar-refractivity contribution in [1.82, 2.24) is 9.97 Å². The number of benzene rings is 2. The van der Waals surface area contributed by atoms with Gasteiger partial charge in [-0.1, -0.05) is 6.07 Å². The second kappa shape index (κ2) is 8.71. The normalized spacial score (nSPS) is 10.0. The summed E-state index contributed by atoms with van der Waals surface area (Å²) in [6.45, 7) is 1.76. The zero-order valence-electron chi connectivity index (χ0n) is 16.1. The van der Waals surface area contributed by atoms with Crippen LogP contribution >= 0.6 is 0 Å². The van der Waals surface area contributed by atoms with Crippen LogP contribution < -0.4 is 19.5 Å². The second-order valence-corrected chi connectivity index (χ2v) is 5.90. The van der Waals surface area contributed by atoms with E-state index in [1.54, 1.807) is 55.5 Å². The molecule has 0 radical (unpaired) electrons. The lowest BCUT2D eigenvalue weighted by Gasteiger charge is -2.13. The molecule has 0 saturated carbocycles. The first-order valence-electron chi connectivity index (χ1n) is 8.60. The molecule has 8 heteroatoms. The van der Waals surface area contributed by atoms with Gasteiger partial charge in [0.05, 0.1) is 25.9 Å². The number of amides is 1. The van der Waals surface area contributed by atoms with Crippen molar-refractivity contribution < 1.29 is 19.0 Å². The monoisotopic (exact) mass is 390 g/mol. The molecule has 0 unspecified atom stereocenters. The highest BCUT2D eigenvalue weighted by Gasteiger charge is 2.19. The summed E-state index contributed by atoms with van der Waals surface area (Å²) in [5.41, 5.74) is 1.36. The third-order valence-corrected chi connectivity index (χ3v) is 3.92. The fourth-order valence-electron chi connectivity index (χ4n) is 2.61. The van der Waals surface area contributed by atoms with Crippen molar-refractivity contribution in [1.29, 1.82) is 5.26 Å². The number of hydrogen-bond acceptors (Lipinski definition) is 7. The van der Waals surface area contributed by atoms with Gasteiger partial charge in [-0.25, -0.2) is 4.98 Å². The van der Waals surface area contributed by atoms with Crippen LogP contribution in [0.15, 0.2) is 48.5 Å². The molecule has 0 aliphatic heterocycles. The number of ether oxygens (including phenoxy) is 3. The molecule has 0 bridgehead atoms. The number of hydrogen-bond donors (Lipinski definition) is 1. The first-order chi connectivity index (χ1) is 14.0. The molecule has 3 aromatic rings. The minimum atomic E-state index is -0.478. The number of nitrogens with one attached hydrogen (secondary N) is 1. The highest BCUT2D eigenvalue weighted by molar-refractivity contribution is 6.07. The zero-order valence-corrected chi connectivity index (χ0v) is 16.1. The van der Waals surface area contributed by atoms with Crippen molar-refractivity contribution in [3.05, 3.63) is 65.4 Å². The van der Waals surface area contributed by atoms with Gasteiger partial charge in [-0.05, 0) is 43.3 Å². The number of methoxy groups -OCH3 is 2. The minimum absolute atomic E-state index is 0.0756. The number of anilines is 1. The summed E-state index contributed by atoms with van der Waals surface area (Å²) in [6.07, 6.45) is 0. The van der Waals surface area contributed by atoms with Gasteiger partial charge in [-0.15, -0.1) is 0 Å². The van der Waals surface area contributed by atoms with E-state index >= 15 is 0 Å². The molecule has 0 spiro atoms. The van der Waals surface area contributed by atoms with Crippen LogP contribution in [0.1, 0.15) is 21.6 Å². The van der Waals surface area contributed by atoms with Gasteiger partial charge in [0.15, 0.2) is 0 Å². The van der Waals surface area contributed by atoms with Crippen LogP contribution in [0.2, 0.25) is 0 Å². The minimum Gasteiger partial charge on any atom is -0.496 e. The maximum absolute atomic E-state index is 12.8. The summed E-state index contributed by atoms with van der Waals surface area (Å²) >= 11 is 0. The highest BCUT2D eigenvalue weighted by Crippen LogP contribution is 2.29. The van der Waals surface area contributed by atoms with Crippen LogP contribution in [0.3, 0.4) is 0 Å². The lowest BCUT2D eigenvalue weighted by atomic mass is 10.1. The van der Waals surface area contributed by atoms with Crippen molar-refractivity contribution in [3.8, 4) is 29.2 Å². The predicted molar refractivity (Wildman–Crippen MR) is 105 cm³/mol. The molecule has 0 aliphatic carbocycles. The molecule has 3 rings (SSSR count). The van der Waals surface area contributed by atoms with E-state index in [-0.39, 0.29) is 17.4 Å². The Bertz CT molecular complexity index is 1050.